The maximum absolute atomic E-state index is 12.5. The lowest BCUT2D eigenvalue weighted by atomic mass is 10.0. The predicted molar refractivity (Wildman–Crippen MR) is 134 cm³/mol. The van der Waals surface area contributed by atoms with Gasteiger partial charge in [0.25, 0.3) is 5.91 Å². The highest BCUT2D eigenvalue weighted by Gasteiger charge is 2.12. The molecule has 1 aromatic heterocycles. The van der Waals surface area contributed by atoms with Gasteiger partial charge in [-0.25, -0.2) is 0 Å². The van der Waals surface area contributed by atoms with Gasteiger partial charge in [0.2, 0.25) is 11.0 Å². The maximum Gasteiger partial charge on any atom is 0.257 e. The third-order valence-corrected chi connectivity index (χ3v) is 6.76. The van der Waals surface area contributed by atoms with Crippen molar-refractivity contribution in [3.05, 3.63) is 96.1 Å². The number of anilines is 1. The van der Waals surface area contributed by atoms with Crippen LogP contribution in [0, 0.1) is 0 Å². The van der Waals surface area contributed by atoms with E-state index in [9.17, 15) is 9.59 Å². The van der Waals surface area contributed by atoms with E-state index in [0.29, 0.717) is 21.6 Å². The number of nitrogens with one attached hydrogen (secondary N) is 2. The number of carbonyl (C=O) groups excluding carboxylic acids is 2. The lowest BCUT2D eigenvalue weighted by molar-refractivity contribution is -0.118. The molecule has 8 heteroatoms. The average molecular weight is 475 g/mol. The van der Waals surface area contributed by atoms with Gasteiger partial charge in [0.15, 0.2) is 4.34 Å². The molecule has 0 bridgehead atoms. The number of nitrogens with zero attached hydrogens (tertiary/aromatic N) is 2. The summed E-state index contributed by atoms with van der Waals surface area (Å²) in [5, 5.41) is 14.1. The van der Waals surface area contributed by atoms with Gasteiger partial charge in [-0.05, 0) is 35.2 Å². The Bertz CT molecular complexity index is 1200. The number of thioether (sulfide) groups is 1. The summed E-state index contributed by atoms with van der Waals surface area (Å²) in [4.78, 5) is 24.6. The fraction of sp³-hybridized carbons (Fsp3) is 0.120. The highest BCUT2D eigenvalue weighted by molar-refractivity contribution is 8.01. The molecule has 166 valence electrons. The van der Waals surface area contributed by atoms with Crippen molar-refractivity contribution in [3.8, 4) is 11.1 Å². The minimum atomic E-state index is -0.249. The molecular weight excluding hydrogens is 452 g/mol. The number of benzene rings is 3. The molecular formula is C25H22N4O2S2. The Balaban J connectivity index is 1.23. The fourth-order valence-corrected chi connectivity index (χ4v) is 4.68. The van der Waals surface area contributed by atoms with Gasteiger partial charge in [-0.15, -0.1) is 10.2 Å². The minimum Gasteiger partial charge on any atom is -0.355 e. The van der Waals surface area contributed by atoms with Crippen LogP contribution < -0.4 is 10.6 Å². The molecule has 0 aliphatic heterocycles. The molecule has 1 heterocycles. The highest BCUT2D eigenvalue weighted by Crippen LogP contribution is 2.26. The topological polar surface area (TPSA) is 84.0 Å². The molecule has 2 amide bonds. The van der Waals surface area contributed by atoms with Gasteiger partial charge >= 0.3 is 0 Å². The third-order valence-electron chi connectivity index (χ3n) is 4.79. The zero-order chi connectivity index (χ0) is 22.9. The number of hydrogen-bond donors (Lipinski definition) is 2. The lowest BCUT2D eigenvalue weighted by Gasteiger charge is -2.04. The van der Waals surface area contributed by atoms with Crippen molar-refractivity contribution < 1.29 is 9.59 Å². The maximum atomic E-state index is 12.5. The van der Waals surface area contributed by atoms with Crippen LogP contribution in [0.5, 0.6) is 0 Å². The Morgan fingerprint density at radius 1 is 0.818 bits per heavy atom. The summed E-state index contributed by atoms with van der Waals surface area (Å²) in [5.74, 6) is -0.0608. The van der Waals surface area contributed by atoms with Crippen LogP contribution in [-0.2, 0) is 11.2 Å². The van der Waals surface area contributed by atoms with Crippen LogP contribution in [0.3, 0.4) is 0 Å². The number of amides is 2. The number of hydrogen-bond acceptors (Lipinski definition) is 6. The molecule has 0 aliphatic rings. The number of rotatable bonds is 9. The van der Waals surface area contributed by atoms with E-state index in [0.717, 1.165) is 17.5 Å². The Morgan fingerprint density at radius 3 is 2.21 bits per heavy atom. The molecule has 0 aliphatic carbocycles. The first-order chi connectivity index (χ1) is 16.2. The molecule has 2 N–H and O–H groups in total. The standard InChI is InChI=1S/C25H22N4O2S2/c30-22(26-16-15-18-7-3-1-4-8-18)17-32-25-29-28-24(33-25)27-23(31)21-13-11-20(12-14-21)19-9-5-2-6-10-19/h1-14H,15-17H2,(H,26,30)(H,27,28,31). The zero-order valence-electron chi connectivity index (χ0n) is 17.7. The lowest BCUT2D eigenvalue weighted by Crippen LogP contribution is -2.27. The van der Waals surface area contributed by atoms with Crippen molar-refractivity contribution in [2.45, 2.75) is 10.8 Å². The van der Waals surface area contributed by atoms with Crippen LogP contribution in [0.2, 0.25) is 0 Å². The Labute approximate surface area is 200 Å². The van der Waals surface area contributed by atoms with Crippen LogP contribution in [0.25, 0.3) is 11.1 Å². The molecule has 4 aromatic rings. The normalized spacial score (nSPS) is 10.5. The molecule has 0 saturated carbocycles. The van der Waals surface area contributed by atoms with Crippen molar-refractivity contribution >= 4 is 40.0 Å². The van der Waals surface area contributed by atoms with E-state index >= 15 is 0 Å². The summed E-state index contributed by atoms with van der Waals surface area (Å²) in [6.07, 6.45) is 0.790. The second-order valence-corrected chi connectivity index (χ2v) is 9.34. The first kappa shape index (κ1) is 22.7. The fourth-order valence-electron chi connectivity index (χ4n) is 3.10. The smallest absolute Gasteiger partial charge is 0.257 e. The van der Waals surface area contributed by atoms with E-state index < -0.39 is 0 Å². The van der Waals surface area contributed by atoms with E-state index in [-0.39, 0.29) is 17.6 Å². The molecule has 4 rings (SSSR count). The average Bonchev–Trinajstić information content (AvgIpc) is 3.31. The Morgan fingerprint density at radius 2 is 1.48 bits per heavy atom. The van der Waals surface area contributed by atoms with Gasteiger partial charge in [-0.1, -0.05) is 95.9 Å². The van der Waals surface area contributed by atoms with Crippen molar-refractivity contribution in [2.75, 3.05) is 17.6 Å². The van der Waals surface area contributed by atoms with Crippen molar-refractivity contribution in [2.24, 2.45) is 0 Å². The molecule has 33 heavy (non-hydrogen) atoms. The van der Waals surface area contributed by atoms with Crippen molar-refractivity contribution in [3.63, 3.8) is 0 Å². The first-order valence-corrected chi connectivity index (χ1v) is 12.2. The molecule has 0 radical (unpaired) electrons. The molecule has 0 saturated heterocycles. The Hall–Kier alpha value is -3.49. The summed E-state index contributed by atoms with van der Waals surface area (Å²) in [5.41, 5.74) is 3.87. The number of aromatic nitrogens is 2. The third kappa shape index (κ3) is 6.74. The quantitative estimate of drug-likeness (QED) is 0.266. The van der Waals surface area contributed by atoms with Crippen LogP contribution in [-0.4, -0.2) is 34.3 Å². The van der Waals surface area contributed by atoms with Gasteiger partial charge in [-0.3, -0.25) is 14.9 Å². The number of carbonyl (C=O) groups is 2. The summed E-state index contributed by atoms with van der Waals surface area (Å²) in [7, 11) is 0. The molecule has 0 unspecified atom stereocenters. The van der Waals surface area contributed by atoms with Crippen LogP contribution >= 0.6 is 23.1 Å². The largest absolute Gasteiger partial charge is 0.355 e. The second kappa shape index (κ2) is 11.4. The van der Waals surface area contributed by atoms with Gasteiger partial charge in [0.1, 0.15) is 0 Å². The highest BCUT2D eigenvalue weighted by atomic mass is 32.2. The van der Waals surface area contributed by atoms with Crippen LogP contribution in [0.4, 0.5) is 5.13 Å². The zero-order valence-corrected chi connectivity index (χ0v) is 19.4. The molecule has 0 fully saturated rings. The minimum absolute atomic E-state index is 0.0600. The summed E-state index contributed by atoms with van der Waals surface area (Å²) in [6.45, 7) is 0.587. The summed E-state index contributed by atoms with van der Waals surface area (Å²) in [6, 6.07) is 27.4. The van der Waals surface area contributed by atoms with E-state index in [2.05, 4.69) is 20.8 Å². The second-order valence-electron chi connectivity index (χ2n) is 7.14. The van der Waals surface area contributed by atoms with Crippen molar-refractivity contribution in [1.29, 1.82) is 0 Å². The van der Waals surface area contributed by atoms with Crippen molar-refractivity contribution in [1.82, 2.24) is 15.5 Å². The summed E-state index contributed by atoms with van der Waals surface area (Å²) < 4.78 is 0.628. The van der Waals surface area contributed by atoms with E-state index in [4.69, 9.17) is 0 Å². The SMILES string of the molecule is O=C(CSc1nnc(NC(=O)c2ccc(-c3ccccc3)cc2)s1)NCCc1ccccc1. The van der Waals surface area contributed by atoms with Crippen LogP contribution in [0.15, 0.2) is 89.3 Å². The monoisotopic (exact) mass is 474 g/mol. The molecule has 3 aromatic carbocycles. The molecule has 6 nitrogen and oxygen atoms in total. The van der Waals surface area contributed by atoms with Gasteiger partial charge < -0.3 is 5.32 Å². The predicted octanol–water partition coefficient (Wildman–Crippen LogP) is 4.91. The Kier molecular flexibility index (Phi) is 7.84. The van der Waals surface area contributed by atoms with Crippen LogP contribution in [0.1, 0.15) is 15.9 Å². The molecule has 0 spiro atoms. The first-order valence-electron chi connectivity index (χ1n) is 10.4. The van der Waals surface area contributed by atoms with E-state index in [1.165, 1.54) is 28.7 Å². The van der Waals surface area contributed by atoms with Gasteiger partial charge in [0.05, 0.1) is 5.75 Å². The van der Waals surface area contributed by atoms with E-state index in [1.54, 1.807) is 12.1 Å². The summed E-state index contributed by atoms with van der Waals surface area (Å²) >= 11 is 2.55. The molecule has 0 atom stereocenters. The van der Waals surface area contributed by atoms with Gasteiger partial charge in [-0.2, -0.15) is 0 Å². The van der Waals surface area contributed by atoms with E-state index in [1.807, 2.05) is 72.8 Å². The van der Waals surface area contributed by atoms with Gasteiger partial charge in [0, 0.05) is 12.1 Å².